The van der Waals surface area contributed by atoms with Crippen molar-refractivity contribution in [2.75, 3.05) is 13.2 Å². The molecule has 2 nitrogen and oxygen atoms in total. The van der Waals surface area contributed by atoms with E-state index in [0.717, 1.165) is 13.2 Å². The lowest BCUT2D eigenvalue weighted by Crippen LogP contribution is -2.38. The molecule has 0 aliphatic carbocycles. The predicted octanol–water partition coefficient (Wildman–Crippen LogP) is 3.77. The van der Waals surface area contributed by atoms with Crippen LogP contribution in [0.4, 0.5) is 0 Å². The Kier molecular flexibility index (Phi) is 5.36. The number of benzene rings is 1. The average molecular weight is 249 g/mol. The van der Waals surface area contributed by atoms with Gasteiger partial charge in [-0.1, -0.05) is 18.2 Å². The quantitative estimate of drug-likeness (QED) is 0.828. The Bertz CT molecular complexity index is 385. The summed E-state index contributed by atoms with van der Waals surface area (Å²) >= 11 is 0. The molecule has 0 saturated heterocycles. The molecule has 0 aromatic heterocycles. The maximum absolute atomic E-state index is 5.70. The number of nitrogens with one attached hydrogen (secondary N) is 1. The summed E-state index contributed by atoms with van der Waals surface area (Å²) < 4.78 is 5.70. The second-order valence-corrected chi connectivity index (χ2v) is 5.64. The highest BCUT2D eigenvalue weighted by Gasteiger charge is 2.18. The number of hydrogen-bond donors (Lipinski definition) is 1. The lowest BCUT2D eigenvalue weighted by atomic mass is 10.0. The zero-order valence-electron chi connectivity index (χ0n) is 12.6. The number of rotatable bonds is 6. The Balaban J connectivity index is 2.60. The van der Waals surface area contributed by atoms with E-state index in [0.29, 0.717) is 6.04 Å². The molecule has 2 heteroatoms. The van der Waals surface area contributed by atoms with E-state index in [1.807, 2.05) is 6.92 Å². The van der Waals surface area contributed by atoms with Gasteiger partial charge in [0.2, 0.25) is 0 Å². The largest absolute Gasteiger partial charge is 0.375 e. The van der Waals surface area contributed by atoms with Gasteiger partial charge >= 0.3 is 0 Å². The van der Waals surface area contributed by atoms with Crippen LogP contribution in [0.15, 0.2) is 18.2 Å². The predicted molar refractivity (Wildman–Crippen MR) is 78.0 cm³/mol. The Morgan fingerprint density at radius 1 is 1.22 bits per heavy atom. The van der Waals surface area contributed by atoms with Crippen LogP contribution in [0, 0.1) is 13.8 Å². The van der Waals surface area contributed by atoms with Crippen molar-refractivity contribution in [3.05, 3.63) is 34.9 Å². The molecule has 0 aliphatic rings. The fraction of sp³-hybridized carbons (Fsp3) is 0.625. The van der Waals surface area contributed by atoms with Gasteiger partial charge in [-0.25, -0.2) is 0 Å². The first-order valence-electron chi connectivity index (χ1n) is 6.80. The highest BCUT2D eigenvalue weighted by Crippen LogP contribution is 2.18. The molecule has 1 rings (SSSR count). The third kappa shape index (κ3) is 4.43. The third-order valence-corrected chi connectivity index (χ3v) is 3.40. The minimum absolute atomic E-state index is 0.108. The molecule has 0 fully saturated rings. The summed E-state index contributed by atoms with van der Waals surface area (Å²) in [7, 11) is 0. The number of ether oxygens (including phenoxy) is 1. The van der Waals surface area contributed by atoms with E-state index in [-0.39, 0.29) is 5.60 Å². The van der Waals surface area contributed by atoms with E-state index in [2.05, 4.69) is 58.1 Å². The van der Waals surface area contributed by atoms with Crippen LogP contribution in [0.5, 0.6) is 0 Å². The van der Waals surface area contributed by atoms with Crippen molar-refractivity contribution in [3.63, 3.8) is 0 Å². The molecule has 0 aliphatic heterocycles. The minimum atomic E-state index is -0.108. The second-order valence-electron chi connectivity index (χ2n) is 5.64. The second kappa shape index (κ2) is 6.35. The van der Waals surface area contributed by atoms with Crippen molar-refractivity contribution in [1.29, 1.82) is 0 Å². The molecule has 1 N–H and O–H groups in total. The Morgan fingerprint density at radius 2 is 1.89 bits per heavy atom. The average Bonchev–Trinajstić information content (AvgIpc) is 2.30. The van der Waals surface area contributed by atoms with Crippen molar-refractivity contribution in [2.45, 2.75) is 53.2 Å². The van der Waals surface area contributed by atoms with Crippen molar-refractivity contribution >= 4 is 0 Å². The summed E-state index contributed by atoms with van der Waals surface area (Å²) in [5.41, 5.74) is 3.93. The molecule has 0 saturated carbocycles. The van der Waals surface area contributed by atoms with E-state index in [1.54, 1.807) is 0 Å². The smallest absolute Gasteiger partial charge is 0.0750 e. The molecule has 0 bridgehead atoms. The third-order valence-electron chi connectivity index (χ3n) is 3.40. The summed E-state index contributed by atoms with van der Waals surface area (Å²) in [5, 5.41) is 3.55. The molecule has 0 amide bonds. The molecule has 1 unspecified atom stereocenters. The van der Waals surface area contributed by atoms with Gasteiger partial charge in [-0.15, -0.1) is 0 Å². The van der Waals surface area contributed by atoms with Crippen LogP contribution >= 0.6 is 0 Å². The maximum atomic E-state index is 5.70. The van der Waals surface area contributed by atoms with Gasteiger partial charge in [0.25, 0.3) is 0 Å². The topological polar surface area (TPSA) is 21.3 Å². The van der Waals surface area contributed by atoms with Crippen molar-refractivity contribution in [2.24, 2.45) is 0 Å². The zero-order chi connectivity index (χ0) is 13.8. The molecule has 1 atom stereocenters. The SMILES string of the molecule is CCOC(C)(C)CNC(C)c1ccc(C)c(C)c1. The van der Waals surface area contributed by atoms with Gasteiger partial charge in [0.1, 0.15) is 0 Å². The van der Waals surface area contributed by atoms with Crippen LogP contribution in [-0.2, 0) is 4.74 Å². The van der Waals surface area contributed by atoms with E-state index >= 15 is 0 Å². The first kappa shape index (κ1) is 15.2. The summed E-state index contributed by atoms with van der Waals surface area (Å²) in [6.45, 7) is 14.4. The van der Waals surface area contributed by atoms with Crippen LogP contribution in [0.25, 0.3) is 0 Å². The number of aryl methyl sites for hydroxylation is 2. The molecule has 0 heterocycles. The highest BCUT2D eigenvalue weighted by molar-refractivity contribution is 5.31. The lowest BCUT2D eigenvalue weighted by Gasteiger charge is -2.27. The standard InChI is InChI=1S/C16H27NO/c1-7-18-16(5,6)11-17-14(4)15-9-8-12(2)13(3)10-15/h8-10,14,17H,7,11H2,1-6H3. The monoisotopic (exact) mass is 249 g/mol. The van der Waals surface area contributed by atoms with Gasteiger partial charge in [-0.05, 0) is 58.2 Å². The van der Waals surface area contributed by atoms with Gasteiger partial charge in [-0.3, -0.25) is 0 Å². The van der Waals surface area contributed by atoms with Crippen LogP contribution in [-0.4, -0.2) is 18.8 Å². The molecule has 0 spiro atoms. The zero-order valence-corrected chi connectivity index (χ0v) is 12.6. The fourth-order valence-electron chi connectivity index (χ4n) is 1.99. The van der Waals surface area contributed by atoms with E-state index in [1.165, 1.54) is 16.7 Å². The summed E-state index contributed by atoms with van der Waals surface area (Å²) in [5.74, 6) is 0. The van der Waals surface area contributed by atoms with Crippen LogP contribution in [0.3, 0.4) is 0 Å². The fourth-order valence-corrected chi connectivity index (χ4v) is 1.99. The summed E-state index contributed by atoms with van der Waals surface area (Å²) in [6, 6.07) is 7.01. The van der Waals surface area contributed by atoms with E-state index in [9.17, 15) is 0 Å². The Morgan fingerprint density at radius 3 is 2.44 bits per heavy atom. The van der Waals surface area contributed by atoms with Crippen molar-refractivity contribution in [1.82, 2.24) is 5.32 Å². The molecule has 0 radical (unpaired) electrons. The summed E-state index contributed by atoms with van der Waals surface area (Å²) in [4.78, 5) is 0. The van der Waals surface area contributed by atoms with Gasteiger partial charge in [0, 0.05) is 19.2 Å². The first-order chi connectivity index (χ1) is 8.35. The van der Waals surface area contributed by atoms with Crippen LogP contribution in [0.1, 0.15) is 50.4 Å². The highest BCUT2D eigenvalue weighted by atomic mass is 16.5. The molecule has 1 aromatic rings. The van der Waals surface area contributed by atoms with Crippen LogP contribution in [0.2, 0.25) is 0 Å². The Labute approximate surface area is 112 Å². The van der Waals surface area contributed by atoms with Crippen molar-refractivity contribution < 1.29 is 4.74 Å². The Hall–Kier alpha value is -0.860. The molecular formula is C16H27NO. The van der Waals surface area contributed by atoms with Crippen LogP contribution < -0.4 is 5.32 Å². The van der Waals surface area contributed by atoms with E-state index < -0.39 is 0 Å². The molecule has 18 heavy (non-hydrogen) atoms. The van der Waals surface area contributed by atoms with Gasteiger partial charge in [-0.2, -0.15) is 0 Å². The van der Waals surface area contributed by atoms with Gasteiger partial charge < -0.3 is 10.1 Å². The van der Waals surface area contributed by atoms with Crippen molar-refractivity contribution in [3.8, 4) is 0 Å². The normalized spacial score (nSPS) is 13.7. The van der Waals surface area contributed by atoms with Gasteiger partial charge in [0.15, 0.2) is 0 Å². The maximum Gasteiger partial charge on any atom is 0.0750 e. The molecule has 102 valence electrons. The van der Waals surface area contributed by atoms with E-state index in [4.69, 9.17) is 4.74 Å². The lowest BCUT2D eigenvalue weighted by molar-refractivity contribution is -0.0103. The first-order valence-corrected chi connectivity index (χ1v) is 6.80. The molecular weight excluding hydrogens is 222 g/mol. The minimum Gasteiger partial charge on any atom is -0.375 e. The molecule has 1 aromatic carbocycles. The summed E-state index contributed by atoms with van der Waals surface area (Å²) in [6.07, 6.45) is 0. The number of hydrogen-bond acceptors (Lipinski definition) is 2. The van der Waals surface area contributed by atoms with Gasteiger partial charge in [0.05, 0.1) is 5.60 Å².